The normalized spacial score (nSPS) is 18.0. The van der Waals surface area contributed by atoms with Crippen LogP contribution >= 0.6 is 11.6 Å². The molecule has 0 radical (unpaired) electrons. The minimum Gasteiger partial charge on any atom is -0.388 e. The highest BCUT2D eigenvalue weighted by Crippen LogP contribution is 2.15. The summed E-state index contributed by atoms with van der Waals surface area (Å²) in [4.78, 5) is 1.55. The summed E-state index contributed by atoms with van der Waals surface area (Å²) in [5.41, 5.74) is 0.954. The Hall–Kier alpha value is -1.43. The Morgan fingerprint density at radius 3 is 2.60 bits per heavy atom. The zero-order valence-electron chi connectivity index (χ0n) is 11.2. The van der Waals surface area contributed by atoms with E-state index in [-0.39, 0.29) is 18.5 Å². The highest BCUT2D eigenvalue weighted by molar-refractivity contribution is 6.30. The van der Waals surface area contributed by atoms with Crippen molar-refractivity contribution in [2.24, 2.45) is 0 Å². The van der Waals surface area contributed by atoms with Gasteiger partial charge in [0.15, 0.2) is 0 Å². The maximum Gasteiger partial charge on any atom is 0.128 e. The number of rotatable bonds is 4. The van der Waals surface area contributed by atoms with Gasteiger partial charge in [-0.3, -0.25) is 10.8 Å². The lowest BCUT2D eigenvalue weighted by Gasteiger charge is -2.28. The topological polar surface area (TPSA) is 83.2 Å². The number of halogens is 1. The molecule has 0 saturated carbocycles. The summed E-state index contributed by atoms with van der Waals surface area (Å²) >= 11 is 5.86. The van der Waals surface area contributed by atoms with E-state index in [2.05, 4.69) is 5.32 Å². The van der Waals surface area contributed by atoms with E-state index in [1.165, 1.54) is 0 Å². The van der Waals surface area contributed by atoms with Crippen molar-refractivity contribution in [1.29, 1.82) is 10.8 Å². The van der Waals surface area contributed by atoms with Crippen LogP contribution < -0.4 is 5.32 Å². The van der Waals surface area contributed by atoms with Crippen molar-refractivity contribution in [3.05, 3.63) is 34.9 Å². The molecule has 0 spiro atoms. The average Bonchev–Trinajstić information content (AvgIpc) is 2.99. The van der Waals surface area contributed by atoms with Gasteiger partial charge in [0.25, 0.3) is 0 Å². The van der Waals surface area contributed by atoms with Crippen LogP contribution in [0.3, 0.4) is 0 Å². The van der Waals surface area contributed by atoms with Crippen molar-refractivity contribution in [1.82, 2.24) is 10.2 Å². The van der Waals surface area contributed by atoms with Gasteiger partial charge in [0.2, 0.25) is 0 Å². The predicted molar refractivity (Wildman–Crippen MR) is 80.6 cm³/mol. The molecule has 1 saturated heterocycles. The molecule has 2 rings (SSSR count). The molecule has 1 heterocycles. The summed E-state index contributed by atoms with van der Waals surface area (Å²) in [7, 11) is 0. The largest absolute Gasteiger partial charge is 0.388 e. The lowest BCUT2D eigenvalue weighted by Crippen LogP contribution is -2.46. The molecule has 5 nitrogen and oxygen atoms in total. The van der Waals surface area contributed by atoms with Crippen molar-refractivity contribution in [2.45, 2.75) is 25.4 Å². The Labute approximate surface area is 123 Å². The number of aliphatic hydroxyl groups is 1. The number of hydrogen-bond donors (Lipinski definition) is 4. The summed E-state index contributed by atoms with van der Waals surface area (Å²) in [5.74, 6) is 0.384. The second-order valence-corrected chi connectivity index (χ2v) is 5.29. The molecule has 1 fully saturated rings. The molecule has 6 heteroatoms. The molecule has 0 aromatic heterocycles. The summed E-state index contributed by atoms with van der Waals surface area (Å²) in [5, 5.41) is 29.2. The SMILES string of the molecule is N=C(CO)N(Cc1ccc(Cl)cc1)C(=N)[C@H]1CCCN1. The van der Waals surface area contributed by atoms with Gasteiger partial charge < -0.3 is 15.3 Å². The fraction of sp³-hybridized carbons (Fsp3) is 0.429. The summed E-state index contributed by atoms with van der Waals surface area (Å²) in [6.07, 6.45) is 1.93. The second kappa shape index (κ2) is 6.83. The summed E-state index contributed by atoms with van der Waals surface area (Å²) in [6, 6.07) is 7.28. The van der Waals surface area contributed by atoms with Gasteiger partial charge in [0.1, 0.15) is 18.3 Å². The van der Waals surface area contributed by atoms with E-state index in [4.69, 9.17) is 22.4 Å². The van der Waals surface area contributed by atoms with E-state index >= 15 is 0 Å². The molecule has 1 atom stereocenters. The minimum absolute atomic E-state index is 0.0331. The molecule has 20 heavy (non-hydrogen) atoms. The first-order valence-corrected chi connectivity index (χ1v) is 7.01. The minimum atomic E-state index is -0.372. The zero-order chi connectivity index (χ0) is 14.5. The molecule has 0 aliphatic carbocycles. The fourth-order valence-electron chi connectivity index (χ4n) is 2.29. The van der Waals surface area contributed by atoms with Gasteiger partial charge in [-0.05, 0) is 37.1 Å². The van der Waals surface area contributed by atoms with Gasteiger partial charge >= 0.3 is 0 Å². The molecule has 108 valence electrons. The number of aliphatic hydroxyl groups excluding tert-OH is 1. The van der Waals surface area contributed by atoms with Gasteiger partial charge in [-0.2, -0.15) is 0 Å². The van der Waals surface area contributed by atoms with Crippen LogP contribution in [-0.2, 0) is 6.54 Å². The maximum absolute atomic E-state index is 9.21. The lowest BCUT2D eigenvalue weighted by atomic mass is 10.1. The smallest absolute Gasteiger partial charge is 0.128 e. The van der Waals surface area contributed by atoms with Crippen molar-refractivity contribution in [2.75, 3.05) is 13.2 Å². The Morgan fingerprint density at radius 2 is 2.05 bits per heavy atom. The van der Waals surface area contributed by atoms with E-state index in [9.17, 15) is 5.11 Å². The number of amidine groups is 2. The van der Waals surface area contributed by atoms with E-state index in [0.29, 0.717) is 17.4 Å². The molecule has 1 aliphatic heterocycles. The zero-order valence-corrected chi connectivity index (χ0v) is 12.0. The monoisotopic (exact) mass is 294 g/mol. The van der Waals surface area contributed by atoms with Gasteiger partial charge in [-0.15, -0.1) is 0 Å². The van der Waals surface area contributed by atoms with Gasteiger partial charge in [0, 0.05) is 5.02 Å². The lowest BCUT2D eigenvalue weighted by molar-refractivity contribution is 0.338. The Balaban J connectivity index is 2.12. The quantitative estimate of drug-likeness (QED) is 0.505. The van der Waals surface area contributed by atoms with Crippen LogP contribution in [0.25, 0.3) is 0 Å². The molecular weight excluding hydrogens is 276 g/mol. The van der Waals surface area contributed by atoms with Crippen molar-refractivity contribution >= 4 is 23.3 Å². The maximum atomic E-state index is 9.21. The van der Waals surface area contributed by atoms with Crippen molar-refractivity contribution in [3.8, 4) is 0 Å². The van der Waals surface area contributed by atoms with E-state index < -0.39 is 0 Å². The first kappa shape index (κ1) is 15.0. The number of nitrogens with zero attached hydrogens (tertiary/aromatic N) is 1. The number of hydrogen-bond acceptors (Lipinski definition) is 4. The third-order valence-corrected chi connectivity index (χ3v) is 3.66. The molecule has 4 N–H and O–H groups in total. The highest BCUT2D eigenvalue weighted by Gasteiger charge is 2.25. The second-order valence-electron chi connectivity index (χ2n) is 4.85. The average molecular weight is 295 g/mol. The van der Waals surface area contributed by atoms with Crippen LogP contribution in [0.15, 0.2) is 24.3 Å². The fourth-order valence-corrected chi connectivity index (χ4v) is 2.42. The standard InChI is InChI=1S/C14H19ClN4O/c15-11-5-3-10(4-6-11)8-19(13(16)9-20)14(17)12-2-1-7-18-12/h3-6,12,16-18,20H,1-2,7-9H2/t12-/m1/s1. The van der Waals surface area contributed by atoms with Crippen LogP contribution in [0.1, 0.15) is 18.4 Å². The molecule has 0 unspecified atom stereocenters. The van der Waals surface area contributed by atoms with Crippen molar-refractivity contribution < 1.29 is 5.11 Å². The van der Waals surface area contributed by atoms with Crippen LogP contribution in [0.4, 0.5) is 0 Å². The third kappa shape index (κ3) is 3.56. The van der Waals surface area contributed by atoms with E-state index in [1.807, 2.05) is 12.1 Å². The van der Waals surface area contributed by atoms with Crippen LogP contribution in [-0.4, -0.2) is 40.9 Å². The van der Waals surface area contributed by atoms with E-state index in [0.717, 1.165) is 24.9 Å². The van der Waals surface area contributed by atoms with Crippen molar-refractivity contribution in [3.63, 3.8) is 0 Å². The number of benzene rings is 1. The summed E-state index contributed by atoms with van der Waals surface area (Å²) < 4.78 is 0. The number of nitrogens with one attached hydrogen (secondary N) is 3. The van der Waals surface area contributed by atoms with Gasteiger partial charge in [0.05, 0.1) is 12.6 Å². The third-order valence-electron chi connectivity index (χ3n) is 3.41. The van der Waals surface area contributed by atoms with Gasteiger partial charge in [-0.25, -0.2) is 0 Å². The van der Waals surface area contributed by atoms with E-state index in [1.54, 1.807) is 17.0 Å². The summed E-state index contributed by atoms with van der Waals surface area (Å²) in [6.45, 7) is 0.921. The Morgan fingerprint density at radius 1 is 1.35 bits per heavy atom. The van der Waals surface area contributed by atoms with Crippen LogP contribution in [0.2, 0.25) is 5.02 Å². The Bertz CT molecular complexity index is 482. The predicted octanol–water partition coefficient (Wildman–Crippen LogP) is 1.84. The van der Waals surface area contributed by atoms with Gasteiger partial charge in [-0.1, -0.05) is 23.7 Å². The highest BCUT2D eigenvalue weighted by atomic mass is 35.5. The first-order valence-electron chi connectivity index (χ1n) is 6.64. The molecule has 1 aliphatic rings. The van der Waals surface area contributed by atoms with Crippen LogP contribution in [0, 0.1) is 10.8 Å². The molecule has 1 aromatic carbocycles. The molecular formula is C14H19ClN4O. The first-order chi connectivity index (χ1) is 9.61. The van der Waals surface area contributed by atoms with Crippen LogP contribution in [0.5, 0.6) is 0 Å². The molecule has 1 aromatic rings. The Kier molecular flexibility index (Phi) is 5.11. The molecule has 0 bridgehead atoms. The molecule has 0 amide bonds.